The second-order valence-electron chi connectivity index (χ2n) is 4.87. The van der Waals surface area contributed by atoms with E-state index in [1.807, 2.05) is 0 Å². The zero-order chi connectivity index (χ0) is 14.0. The van der Waals surface area contributed by atoms with Gasteiger partial charge in [-0.25, -0.2) is 9.78 Å². The van der Waals surface area contributed by atoms with Crippen LogP contribution in [0, 0.1) is 0 Å². The predicted octanol–water partition coefficient (Wildman–Crippen LogP) is 2.14. The number of carbonyl (C=O) groups is 1. The van der Waals surface area contributed by atoms with Gasteiger partial charge in [0, 0.05) is 11.5 Å². The second kappa shape index (κ2) is 4.93. The zero-order valence-corrected chi connectivity index (χ0v) is 11.7. The van der Waals surface area contributed by atoms with E-state index < -0.39 is 11.6 Å². The summed E-state index contributed by atoms with van der Waals surface area (Å²) in [5, 5.41) is 0.361. The molecule has 2 rings (SSSR count). The monoisotopic (exact) mass is 278 g/mol. The van der Waals surface area contributed by atoms with Crippen molar-refractivity contribution < 1.29 is 9.53 Å². The van der Waals surface area contributed by atoms with Crippen molar-refractivity contribution in [3.05, 3.63) is 23.9 Å². The van der Waals surface area contributed by atoms with Gasteiger partial charge in [-0.3, -0.25) is 0 Å². The van der Waals surface area contributed by atoms with Crippen molar-refractivity contribution in [2.24, 2.45) is 0 Å². The molecule has 0 aliphatic heterocycles. The maximum absolute atomic E-state index is 11.9. The molecule has 2 heterocycles. The molecular weight excluding hydrogens is 264 g/mol. The fourth-order valence-electron chi connectivity index (χ4n) is 1.34. The van der Waals surface area contributed by atoms with E-state index in [0.29, 0.717) is 16.6 Å². The molecule has 0 saturated heterocycles. The Labute approximate surface area is 114 Å². The van der Waals surface area contributed by atoms with Crippen molar-refractivity contribution in [3.63, 3.8) is 0 Å². The number of nitrogens with two attached hydrogens (primary N) is 1. The molecule has 0 amide bonds. The van der Waals surface area contributed by atoms with Crippen LogP contribution in [0.1, 0.15) is 31.3 Å². The van der Waals surface area contributed by atoms with Gasteiger partial charge in [-0.2, -0.15) is 9.36 Å². The number of pyridine rings is 1. The van der Waals surface area contributed by atoms with E-state index in [9.17, 15) is 4.79 Å². The van der Waals surface area contributed by atoms with Gasteiger partial charge in [0.25, 0.3) is 0 Å². The van der Waals surface area contributed by atoms with Crippen LogP contribution in [0.5, 0.6) is 0 Å². The van der Waals surface area contributed by atoms with Crippen molar-refractivity contribution in [1.82, 2.24) is 14.3 Å². The highest BCUT2D eigenvalue weighted by molar-refractivity contribution is 7.09. The van der Waals surface area contributed by atoms with Crippen molar-refractivity contribution in [1.29, 1.82) is 0 Å². The molecule has 2 aromatic heterocycles. The first kappa shape index (κ1) is 13.4. The highest BCUT2D eigenvalue weighted by atomic mass is 32.1. The Morgan fingerprint density at radius 3 is 2.63 bits per heavy atom. The highest BCUT2D eigenvalue weighted by Gasteiger charge is 2.19. The minimum Gasteiger partial charge on any atom is -0.455 e. The molecule has 0 aliphatic rings. The lowest BCUT2D eigenvalue weighted by molar-refractivity contribution is 0.00630. The normalized spacial score (nSPS) is 11.3. The third-order valence-electron chi connectivity index (χ3n) is 2.03. The first-order valence-corrected chi connectivity index (χ1v) is 6.42. The van der Waals surface area contributed by atoms with Gasteiger partial charge in [0.15, 0.2) is 11.0 Å². The number of rotatable bonds is 2. The SMILES string of the molecule is CC(C)(C)OC(=O)c1cccc(-c2nsc(N)n2)n1. The van der Waals surface area contributed by atoms with Crippen molar-refractivity contribution in [2.45, 2.75) is 26.4 Å². The summed E-state index contributed by atoms with van der Waals surface area (Å²) in [6, 6.07) is 5.02. The van der Waals surface area contributed by atoms with Gasteiger partial charge in [0.1, 0.15) is 17.0 Å². The van der Waals surface area contributed by atoms with Crippen LogP contribution in [-0.4, -0.2) is 25.9 Å². The first-order valence-electron chi connectivity index (χ1n) is 5.65. The quantitative estimate of drug-likeness (QED) is 0.846. The Kier molecular flexibility index (Phi) is 3.48. The van der Waals surface area contributed by atoms with Gasteiger partial charge in [0.05, 0.1) is 0 Å². The van der Waals surface area contributed by atoms with Crippen LogP contribution in [0.2, 0.25) is 0 Å². The van der Waals surface area contributed by atoms with E-state index in [4.69, 9.17) is 10.5 Å². The summed E-state index contributed by atoms with van der Waals surface area (Å²) in [6.07, 6.45) is 0. The van der Waals surface area contributed by atoms with Gasteiger partial charge in [-0.15, -0.1) is 0 Å². The Morgan fingerprint density at radius 2 is 2.05 bits per heavy atom. The van der Waals surface area contributed by atoms with Crippen LogP contribution in [0.3, 0.4) is 0 Å². The number of hydrogen-bond donors (Lipinski definition) is 1. The van der Waals surface area contributed by atoms with Crippen LogP contribution >= 0.6 is 11.5 Å². The molecule has 0 aliphatic carbocycles. The van der Waals surface area contributed by atoms with Gasteiger partial charge >= 0.3 is 5.97 Å². The number of carbonyl (C=O) groups excluding carboxylic acids is 1. The van der Waals surface area contributed by atoms with Crippen LogP contribution in [-0.2, 0) is 4.74 Å². The molecule has 2 N–H and O–H groups in total. The number of aromatic nitrogens is 3. The number of anilines is 1. The number of esters is 1. The molecule has 0 saturated carbocycles. The van der Waals surface area contributed by atoms with Crippen molar-refractivity contribution in [3.8, 4) is 11.5 Å². The molecule has 0 radical (unpaired) electrons. The Balaban J connectivity index is 2.27. The molecule has 0 fully saturated rings. The van der Waals surface area contributed by atoms with Gasteiger partial charge in [-0.05, 0) is 32.9 Å². The Morgan fingerprint density at radius 1 is 1.32 bits per heavy atom. The lowest BCUT2D eigenvalue weighted by Crippen LogP contribution is -2.24. The summed E-state index contributed by atoms with van der Waals surface area (Å²) in [6.45, 7) is 5.41. The van der Waals surface area contributed by atoms with E-state index >= 15 is 0 Å². The van der Waals surface area contributed by atoms with Crippen LogP contribution in [0.25, 0.3) is 11.5 Å². The van der Waals surface area contributed by atoms with Crippen LogP contribution < -0.4 is 5.73 Å². The second-order valence-corrected chi connectivity index (χ2v) is 5.65. The summed E-state index contributed by atoms with van der Waals surface area (Å²) in [5.74, 6) is -0.0644. The van der Waals surface area contributed by atoms with Gasteiger partial charge in [-0.1, -0.05) is 6.07 Å². The van der Waals surface area contributed by atoms with Gasteiger partial charge < -0.3 is 10.5 Å². The van der Waals surface area contributed by atoms with E-state index in [-0.39, 0.29) is 5.69 Å². The average Bonchev–Trinajstić information content (AvgIpc) is 2.74. The number of ether oxygens (including phenoxy) is 1. The molecule has 2 aromatic rings. The Hall–Kier alpha value is -2.02. The molecule has 6 nitrogen and oxygen atoms in total. The minimum atomic E-state index is -0.557. The largest absolute Gasteiger partial charge is 0.455 e. The molecule has 19 heavy (non-hydrogen) atoms. The van der Waals surface area contributed by atoms with Crippen molar-refractivity contribution in [2.75, 3.05) is 5.73 Å². The number of nitrogens with zero attached hydrogens (tertiary/aromatic N) is 3. The summed E-state index contributed by atoms with van der Waals surface area (Å²) in [5.41, 5.74) is 5.68. The van der Waals surface area contributed by atoms with Crippen molar-refractivity contribution >= 4 is 22.6 Å². The fraction of sp³-hybridized carbons (Fsp3) is 0.333. The summed E-state index contributed by atoms with van der Waals surface area (Å²) < 4.78 is 9.31. The fourth-order valence-corrected chi connectivity index (χ4v) is 1.78. The number of nitrogen functional groups attached to an aromatic ring is 1. The van der Waals surface area contributed by atoms with Gasteiger partial charge in [0.2, 0.25) is 0 Å². The maximum atomic E-state index is 11.9. The number of hydrogen-bond acceptors (Lipinski definition) is 7. The molecule has 0 bridgehead atoms. The predicted molar refractivity (Wildman–Crippen MR) is 72.7 cm³/mol. The molecule has 7 heteroatoms. The standard InChI is InChI=1S/C12H14N4O2S/c1-12(2,3)18-10(17)8-6-4-5-7(14-8)9-15-11(13)19-16-9/h4-6H,1-3H3,(H2,13,15,16). The zero-order valence-electron chi connectivity index (χ0n) is 10.9. The molecule has 0 aromatic carbocycles. The van der Waals surface area contributed by atoms with E-state index in [1.54, 1.807) is 39.0 Å². The minimum absolute atomic E-state index is 0.223. The first-order chi connectivity index (χ1) is 8.85. The smallest absolute Gasteiger partial charge is 0.357 e. The topological polar surface area (TPSA) is 91.0 Å². The van der Waals surface area contributed by atoms with E-state index in [2.05, 4.69) is 14.3 Å². The lowest BCUT2D eigenvalue weighted by atomic mass is 10.2. The summed E-state index contributed by atoms with van der Waals surface area (Å²) in [4.78, 5) is 20.1. The third kappa shape index (κ3) is 3.47. The van der Waals surface area contributed by atoms with E-state index in [1.165, 1.54) is 0 Å². The molecule has 0 unspecified atom stereocenters. The van der Waals surface area contributed by atoms with Crippen LogP contribution in [0.4, 0.5) is 5.13 Å². The average molecular weight is 278 g/mol. The van der Waals surface area contributed by atoms with Crippen LogP contribution in [0.15, 0.2) is 18.2 Å². The summed E-state index contributed by atoms with van der Waals surface area (Å²) >= 11 is 1.08. The highest BCUT2D eigenvalue weighted by Crippen LogP contribution is 2.18. The molecule has 0 atom stereocenters. The molecule has 100 valence electrons. The summed E-state index contributed by atoms with van der Waals surface area (Å²) in [7, 11) is 0. The Bertz CT molecular complexity index is 604. The third-order valence-corrected chi connectivity index (χ3v) is 2.57. The molecule has 0 spiro atoms. The lowest BCUT2D eigenvalue weighted by Gasteiger charge is -2.19. The van der Waals surface area contributed by atoms with E-state index in [0.717, 1.165) is 11.5 Å². The maximum Gasteiger partial charge on any atom is 0.357 e. The molecular formula is C12H14N4O2S.